The summed E-state index contributed by atoms with van der Waals surface area (Å²) >= 11 is 0. The predicted molar refractivity (Wildman–Crippen MR) is 99.9 cm³/mol. The highest BCUT2D eigenvalue weighted by Gasteiger charge is 2.09. The second-order valence-electron chi connectivity index (χ2n) is 6.06. The first-order valence-corrected chi connectivity index (χ1v) is 8.21. The third-order valence-corrected chi connectivity index (χ3v) is 4.25. The van der Waals surface area contributed by atoms with E-state index < -0.39 is 5.97 Å². The normalized spacial score (nSPS) is 12.7. The summed E-state index contributed by atoms with van der Waals surface area (Å²) in [6.07, 6.45) is 4.46. The van der Waals surface area contributed by atoms with Crippen molar-refractivity contribution in [2.45, 2.75) is 18.9 Å². The molecular formula is C20H21N3O2. The van der Waals surface area contributed by atoms with Gasteiger partial charge in [0.25, 0.3) is 0 Å². The number of para-hydroxylation sites is 2. The Morgan fingerprint density at radius 1 is 1.24 bits per heavy atom. The number of aromatic nitrogens is 2. The van der Waals surface area contributed by atoms with Crippen molar-refractivity contribution in [3.05, 3.63) is 65.5 Å². The van der Waals surface area contributed by atoms with Crippen LogP contribution in [0.5, 0.6) is 0 Å². The molecule has 3 N–H and O–H groups in total. The molecule has 128 valence electrons. The van der Waals surface area contributed by atoms with Crippen LogP contribution in [0.2, 0.25) is 0 Å². The number of hydrogen-bond donors (Lipinski definition) is 2. The van der Waals surface area contributed by atoms with E-state index in [4.69, 9.17) is 10.8 Å². The van der Waals surface area contributed by atoms with Crippen molar-refractivity contribution in [1.29, 1.82) is 0 Å². The van der Waals surface area contributed by atoms with Gasteiger partial charge in [0.2, 0.25) is 0 Å². The predicted octanol–water partition coefficient (Wildman–Crippen LogP) is 3.61. The lowest BCUT2D eigenvalue weighted by atomic mass is 10.0. The number of nitrogens with two attached hydrogens (primary N) is 1. The Morgan fingerprint density at radius 3 is 2.80 bits per heavy atom. The van der Waals surface area contributed by atoms with Gasteiger partial charge in [0.1, 0.15) is 5.82 Å². The molecule has 1 atom stereocenters. The molecule has 0 saturated heterocycles. The highest BCUT2D eigenvalue weighted by atomic mass is 16.4. The summed E-state index contributed by atoms with van der Waals surface area (Å²) in [6.45, 7) is 0. The standard InChI is InChI=1S/C20H21N3O2/c1-23-18-8-3-2-7-17(18)22-19(23)11-9-14-5-4-6-15(13-14)16(21)10-12-20(24)25/h2-9,11,13,16H,10,12,21H2,1H3,(H,24,25). The number of imidazole rings is 1. The van der Waals surface area contributed by atoms with Crippen molar-refractivity contribution in [1.82, 2.24) is 9.55 Å². The minimum absolute atomic E-state index is 0.0705. The van der Waals surface area contributed by atoms with E-state index in [2.05, 4.69) is 4.98 Å². The summed E-state index contributed by atoms with van der Waals surface area (Å²) in [7, 11) is 1.99. The lowest BCUT2D eigenvalue weighted by molar-refractivity contribution is -0.137. The van der Waals surface area contributed by atoms with Gasteiger partial charge in [-0.15, -0.1) is 0 Å². The quantitative estimate of drug-likeness (QED) is 0.721. The Kier molecular flexibility index (Phi) is 4.95. The fraction of sp³-hybridized carbons (Fsp3) is 0.200. The SMILES string of the molecule is Cn1c(C=Cc2cccc(C(N)CCC(=O)O)c2)nc2ccccc21. The molecule has 0 spiro atoms. The topological polar surface area (TPSA) is 81.1 Å². The first kappa shape index (κ1) is 16.9. The molecule has 5 nitrogen and oxygen atoms in total. The minimum atomic E-state index is -0.826. The molecule has 2 aromatic carbocycles. The van der Waals surface area contributed by atoms with Crippen LogP contribution in [-0.4, -0.2) is 20.6 Å². The number of benzene rings is 2. The molecule has 0 aliphatic carbocycles. The van der Waals surface area contributed by atoms with Gasteiger partial charge in [0.15, 0.2) is 0 Å². The third-order valence-electron chi connectivity index (χ3n) is 4.25. The van der Waals surface area contributed by atoms with Gasteiger partial charge in [-0.25, -0.2) is 4.98 Å². The number of aryl methyl sites for hydroxylation is 1. The summed E-state index contributed by atoms with van der Waals surface area (Å²) < 4.78 is 2.05. The van der Waals surface area contributed by atoms with Crippen molar-refractivity contribution >= 4 is 29.2 Å². The van der Waals surface area contributed by atoms with E-state index in [0.29, 0.717) is 6.42 Å². The molecule has 0 aliphatic heterocycles. The number of rotatable bonds is 6. The highest BCUT2D eigenvalue weighted by Crippen LogP contribution is 2.20. The van der Waals surface area contributed by atoms with Crippen LogP contribution in [0.15, 0.2) is 48.5 Å². The number of hydrogen-bond acceptors (Lipinski definition) is 3. The maximum atomic E-state index is 10.7. The average molecular weight is 335 g/mol. The maximum Gasteiger partial charge on any atom is 0.303 e. The molecule has 0 radical (unpaired) electrons. The Morgan fingerprint density at radius 2 is 2.04 bits per heavy atom. The monoisotopic (exact) mass is 335 g/mol. The summed E-state index contributed by atoms with van der Waals surface area (Å²) in [4.78, 5) is 15.3. The van der Waals surface area contributed by atoms with Gasteiger partial charge in [-0.2, -0.15) is 0 Å². The molecule has 1 heterocycles. The molecule has 0 aliphatic rings. The van der Waals surface area contributed by atoms with Gasteiger partial charge >= 0.3 is 5.97 Å². The molecule has 0 amide bonds. The molecule has 1 unspecified atom stereocenters. The highest BCUT2D eigenvalue weighted by molar-refractivity contribution is 5.79. The van der Waals surface area contributed by atoms with E-state index >= 15 is 0 Å². The lowest BCUT2D eigenvalue weighted by Crippen LogP contribution is -2.12. The summed E-state index contributed by atoms with van der Waals surface area (Å²) in [5.41, 5.74) is 10.1. The van der Waals surface area contributed by atoms with Crippen LogP contribution in [0.1, 0.15) is 35.8 Å². The Balaban J connectivity index is 1.80. The van der Waals surface area contributed by atoms with Crippen LogP contribution in [0, 0.1) is 0 Å². The maximum absolute atomic E-state index is 10.7. The van der Waals surface area contributed by atoms with Crippen molar-refractivity contribution in [2.24, 2.45) is 12.8 Å². The molecule has 0 fully saturated rings. The number of fused-ring (bicyclic) bond motifs is 1. The third kappa shape index (κ3) is 3.95. The zero-order valence-corrected chi connectivity index (χ0v) is 14.1. The first-order chi connectivity index (χ1) is 12.0. The molecular weight excluding hydrogens is 314 g/mol. The average Bonchev–Trinajstić information content (AvgIpc) is 2.94. The first-order valence-electron chi connectivity index (χ1n) is 8.21. The fourth-order valence-corrected chi connectivity index (χ4v) is 2.82. The molecule has 25 heavy (non-hydrogen) atoms. The van der Waals surface area contributed by atoms with Gasteiger partial charge in [0, 0.05) is 19.5 Å². The van der Waals surface area contributed by atoms with Gasteiger partial charge < -0.3 is 15.4 Å². The van der Waals surface area contributed by atoms with Crippen molar-refractivity contribution in [2.75, 3.05) is 0 Å². The molecule has 0 saturated carbocycles. The van der Waals surface area contributed by atoms with Crippen LogP contribution in [0.25, 0.3) is 23.2 Å². The van der Waals surface area contributed by atoms with Gasteiger partial charge in [-0.05, 0) is 35.8 Å². The minimum Gasteiger partial charge on any atom is -0.481 e. The number of nitrogens with zero attached hydrogens (tertiary/aromatic N) is 2. The number of carbonyl (C=O) groups is 1. The van der Waals surface area contributed by atoms with E-state index in [1.807, 2.05) is 72.3 Å². The zero-order chi connectivity index (χ0) is 17.8. The van der Waals surface area contributed by atoms with Crippen LogP contribution in [0.4, 0.5) is 0 Å². The van der Waals surface area contributed by atoms with Gasteiger partial charge in [-0.3, -0.25) is 4.79 Å². The smallest absolute Gasteiger partial charge is 0.303 e. The number of carboxylic acids is 1. The van der Waals surface area contributed by atoms with Crippen molar-refractivity contribution in [3.63, 3.8) is 0 Å². The summed E-state index contributed by atoms with van der Waals surface area (Å²) in [5, 5.41) is 8.78. The van der Waals surface area contributed by atoms with E-state index in [0.717, 1.165) is 28.0 Å². The van der Waals surface area contributed by atoms with E-state index in [9.17, 15) is 4.79 Å². The molecule has 3 aromatic rings. The Hall–Kier alpha value is -2.92. The fourth-order valence-electron chi connectivity index (χ4n) is 2.82. The van der Waals surface area contributed by atoms with Crippen molar-refractivity contribution in [3.8, 4) is 0 Å². The summed E-state index contributed by atoms with van der Waals surface area (Å²) in [6, 6.07) is 15.6. The largest absolute Gasteiger partial charge is 0.481 e. The molecule has 5 heteroatoms. The number of carboxylic acid groups (broad SMARTS) is 1. The van der Waals surface area contributed by atoms with Crippen molar-refractivity contribution < 1.29 is 9.90 Å². The molecule has 3 rings (SSSR count). The van der Waals surface area contributed by atoms with Crippen LogP contribution < -0.4 is 5.73 Å². The van der Waals surface area contributed by atoms with E-state index in [-0.39, 0.29) is 12.5 Å². The second kappa shape index (κ2) is 7.32. The van der Waals surface area contributed by atoms with Gasteiger partial charge in [0.05, 0.1) is 11.0 Å². The number of aliphatic carboxylic acids is 1. The molecule has 1 aromatic heterocycles. The summed E-state index contributed by atoms with van der Waals surface area (Å²) in [5.74, 6) is 0.0510. The van der Waals surface area contributed by atoms with E-state index in [1.54, 1.807) is 0 Å². The molecule has 0 bridgehead atoms. The van der Waals surface area contributed by atoms with Crippen LogP contribution in [0.3, 0.4) is 0 Å². The zero-order valence-electron chi connectivity index (χ0n) is 14.1. The van der Waals surface area contributed by atoms with Crippen LogP contribution >= 0.6 is 0 Å². The lowest BCUT2D eigenvalue weighted by Gasteiger charge is -2.11. The van der Waals surface area contributed by atoms with E-state index in [1.165, 1.54) is 0 Å². The second-order valence-corrected chi connectivity index (χ2v) is 6.06. The van der Waals surface area contributed by atoms with Crippen LogP contribution in [-0.2, 0) is 11.8 Å². The Labute approximate surface area is 146 Å². The van der Waals surface area contributed by atoms with Gasteiger partial charge in [-0.1, -0.05) is 42.5 Å². The Bertz CT molecular complexity index is 928.